The molecule has 3 N–H and O–H groups in total. The second-order valence-corrected chi connectivity index (χ2v) is 6.26. The Hall–Kier alpha value is -1.88. The molecule has 0 fully saturated rings. The number of anilines is 1. The highest BCUT2D eigenvalue weighted by atomic mass is 16.2. The van der Waals surface area contributed by atoms with Crippen LogP contribution in [-0.4, -0.2) is 29.9 Å². The highest BCUT2D eigenvalue weighted by Crippen LogP contribution is 2.08. The Morgan fingerprint density at radius 3 is 2.48 bits per heavy atom. The minimum absolute atomic E-state index is 0.0900. The lowest BCUT2D eigenvalue weighted by Gasteiger charge is -2.23. The molecule has 0 bridgehead atoms. The van der Waals surface area contributed by atoms with E-state index in [-0.39, 0.29) is 23.9 Å². The van der Waals surface area contributed by atoms with Crippen molar-refractivity contribution >= 4 is 17.5 Å². The average molecular weight is 291 g/mol. The van der Waals surface area contributed by atoms with E-state index < -0.39 is 6.04 Å². The fourth-order valence-electron chi connectivity index (χ4n) is 1.74. The van der Waals surface area contributed by atoms with Gasteiger partial charge in [0.2, 0.25) is 11.8 Å². The van der Waals surface area contributed by atoms with Crippen molar-refractivity contribution in [3.8, 4) is 0 Å². The van der Waals surface area contributed by atoms with Crippen molar-refractivity contribution in [1.82, 2.24) is 10.6 Å². The van der Waals surface area contributed by atoms with E-state index in [1.807, 2.05) is 52.0 Å². The number of amides is 2. The molecule has 1 aromatic rings. The van der Waals surface area contributed by atoms with Crippen LogP contribution < -0.4 is 16.0 Å². The first-order valence-electron chi connectivity index (χ1n) is 7.09. The standard InChI is InChI=1S/C16H25N3O2/c1-11-7-6-8-13(9-11)18-14(20)10-17-12(2)15(21)19-16(3,4)5/h6-9,12,17H,10H2,1-5H3,(H,18,20)(H,19,21). The molecule has 0 heterocycles. The fraction of sp³-hybridized carbons (Fsp3) is 0.500. The predicted molar refractivity (Wildman–Crippen MR) is 85.2 cm³/mol. The zero-order chi connectivity index (χ0) is 16.0. The van der Waals surface area contributed by atoms with E-state index in [1.54, 1.807) is 6.92 Å². The van der Waals surface area contributed by atoms with Gasteiger partial charge in [0.15, 0.2) is 0 Å². The second-order valence-electron chi connectivity index (χ2n) is 6.26. The van der Waals surface area contributed by atoms with Crippen LogP contribution in [0.2, 0.25) is 0 Å². The summed E-state index contributed by atoms with van der Waals surface area (Å²) in [7, 11) is 0. The summed E-state index contributed by atoms with van der Waals surface area (Å²) in [5.41, 5.74) is 1.56. The van der Waals surface area contributed by atoms with Crippen LogP contribution in [0.3, 0.4) is 0 Å². The van der Waals surface area contributed by atoms with Crippen LogP contribution in [0.25, 0.3) is 0 Å². The first kappa shape index (κ1) is 17.2. The SMILES string of the molecule is Cc1cccc(NC(=O)CNC(C)C(=O)NC(C)(C)C)c1. The van der Waals surface area contributed by atoms with E-state index in [1.165, 1.54) is 0 Å². The molecule has 116 valence electrons. The number of hydrogen-bond donors (Lipinski definition) is 3. The largest absolute Gasteiger partial charge is 0.350 e. The van der Waals surface area contributed by atoms with Gasteiger partial charge in [0.25, 0.3) is 0 Å². The van der Waals surface area contributed by atoms with Crippen molar-refractivity contribution in [3.63, 3.8) is 0 Å². The molecule has 1 unspecified atom stereocenters. The highest BCUT2D eigenvalue weighted by Gasteiger charge is 2.19. The number of carbonyl (C=O) groups excluding carboxylic acids is 2. The molecule has 0 aliphatic heterocycles. The zero-order valence-corrected chi connectivity index (χ0v) is 13.4. The smallest absolute Gasteiger partial charge is 0.238 e. The Morgan fingerprint density at radius 2 is 1.90 bits per heavy atom. The lowest BCUT2D eigenvalue weighted by molar-refractivity contribution is -0.124. The molecule has 1 rings (SSSR count). The van der Waals surface area contributed by atoms with Crippen LogP contribution in [0.1, 0.15) is 33.3 Å². The third kappa shape index (κ3) is 6.90. The van der Waals surface area contributed by atoms with Gasteiger partial charge in [0.1, 0.15) is 0 Å². The van der Waals surface area contributed by atoms with Gasteiger partial charge < -0.3 is 10.6 Å². The Balaban J connectivity index is 2.41. The zero-order valence-electron chi connectivity index (χ0n) is 13.4. The topological polar surface area (TPSA) is 70.2 Å². The maximum atomic E-state index is 11.9. The Kier molecular flexibility index (Phi) is 5.90. The van der Waals surface area contributed by atoms with Crippen molar-refractivity contribution < 1.29 is 9.59 Å². The maximum absolute atomic E-state index is 11.9. The molecule has 0 aromatic heterocycles. The van der Waals surface area contributed by atoms with Crippen molar-refractivity contribution in [2.45, 2.75) is 46.2 Å². The van der Waals surface area contributed by atoms with Crippen LogP contribution in [0.4, 0.5) is 5.69 Å². The summed E-state index contributed by atoms with van der Waals surface area (Å²) in [5, 5.41) is 8.57. The lowest BCUT2D eigenvalue weighted by atomic mass is 10.1. The van der Waals surface area contributed by atoms with E-state index in [2.05, 4.69) is 16.0 Å². The van der Waals surface area contributed by atoms with E-state index in [4.69, 9.17) is 0 Å². The summed E-state index contributed by atoms with van der Waals surface area (Å²) in [6.07, 6.45) is 0. The number of benzene rings is 1. The summed E-state index contributed by atoms with van der Waals surface area (Å²) < 4.78 is 0. The normalized spacial score (nSPS) is 12.6. The summed E-state index contributed by atoms with van der Waals surface area (Å²) >= 11 is 0. The average Bonchev–Trinajstić information content (AvgIpc) is 2.33. The Morgan fingerprint density at radius 1 is 1.24 bits per heavy atom. The van der Waals surface area contributed by atoms with Gasteiger partial charge in [-0.25, -0.2) is 0 Å². The lowest BCUT2D eigenvalue weighted by Crippen LogP contribution is -2.50. The van der Waals surface area contributed by atoms with E-state index in [0.29, 0.717) is 0 Å². The van der Waals surface area contributed by atoms with Crippen LogP contribution in [0.5, 0.6) is 0 Å². The molecule has 0 saturated heterocycles. The van der Waals surface area contributed by atoms with Crippen molar-refractivity contribution in [2.24, 2.45) is 0 Å². The van der Waals surface area contributed by atoms with Gasteiger partial charge in [0.05, 0.1) is 12.6 Å². The van der Waals surface area contributed by atoms with Gasteiger partial charge in [-0.15, -0.1) is 0 Å². The van der Waals surface area contributed by atoms with Crippen molar-refractivity contribution in [2.75, 3.05) is 11.9 Å². The third-order valence-electron chi connectivity index (χ3n) is 2.76. The molecular weight excluding hydrogens is 266 g/mol. The maximum Gasteiger partial charge on any atom is 0.238 e. The van der Waals surface area contributed by atoms with Crippen LogP contribution in [0, 0.1) is 6.92 Å². The van der Waals surface area contributed by atoms with Gasteiger partial charge in [-0.05, 0) is 52.3 Å². The van der Waals surface area contributed by atoms with E-state index in [0.717, 1.165) is 11.3 Å². The monoisotopic (exact) mass is 291 g/mol. The molecule has 1 atom stereocenters. The van der Waals surface area contributed by atoms with E-state index in [9.17, 15) is 9.59 Å². The van der Waals surface area contributed by atoms with Crippen molar-refractivity contribution in [3.05, 3.63) is 29.8 Å². The number of aryl methyl sites for hydroxylation is 1. The van der Waals surface area contributed by atoms with E-state index >= 15 is 0 Å². The molecule has 0 radical (unpaired) electrons. The van der Waals surface area contributed by atoms with Gasteiger partial charge in [-0.3, -0.25) is 14.9 Å². The summed E-state index contributed by atoms with van der Waals surface area (Å²) in [4.78, 5) is 23.7. The number of nitrogens with one attached hydrogen (secondary N) is 3. The van der Waals surface area contributed by atoms with Crippen LogP contribution in [-0.2, 0) is 9.59 Å². The van der Waals surface area contributed by atoms with Gasteiger partial charge in [-0.1, -0.05) is 12.1 Å². The van der Waals surface area contributed by atoms with Crippen LogP contribution >= 0.6 is 0 Å². The van der Waals surface area contributed by atoms with Gasteiger partial charge in [-0.2, -0.15) is 0 Å². The second kappa shape index (κ2) is 7.22. The first-order chi connectivity index (χ1) is 9.67. The highest BCUT2D eigenvalue weighted by molar-refractivity contribution is 5.93. The summed E-state index contributed by atoms with van der Waals surface area (Å²) in [6, 6.07) is 7.16. The molecule has 0 aliphatic rings. The third-order valence-corrected chi connectivity index (χ3v) is 2.76. The molecule has 5 nitrogen and oxygen atoms in total. The molecular formula is C16H25N3O2. The van der Waals surface area contributed by atoms with Gasteiger partial charge >= 0.3 is 0 Å². The predicted octanol–water partition coefficient (Wildman–Crippen LogP) is 1.83. The minimum atomic E-state index is -0.424. The molecule has 0 saturated carbocycles. The molecule has 21 heavy (non-hydrogen) atoms. The fourth-order valence-corrected chi connectivity index (χ4v) is 1.74. The van der Waals surface area contributed by atoms with Crippen molar-refractivity contribution in [1.29, 1.82) is 0 Å². The molecule has 0 aliphatic carbocycles. The number of hydrogen-bond acceptors (Lipinski definition) is 3. The minimum Gasteiger partial charge on any atom is -0.350 e. The van der Waals surface area contributed by atoms with Crippen LogP contribution in [0.15, 0.2) is 24.3 Å². The molecule has 1 aromatic carbocycles. The Bertz CT molecular complexity index is 506. The molecule has 2 amide bonds. The Labute approximate surface area is 126 Å². The number of carbonyl (C=O) groups is 2. The quantitative estimate of drug-likeness (QED) is 0.775. The summed E-state index contributed by atoms with van der Waals surface area (Å²) in [5.74, 6) is -0.290. The summed E-state index contributed by atoms with van der Waals surface area (Å²) in [6.45, 7) is 9.55. The first-order valence-corrected chi connectivity index (χ1v) is 7.09. The molecule has 0 spiro atoms. The number of rotatable bonds is 5. The van der Waals surface area contributed by atoms with Gasteiger partial charge in [0, 0.05) is 11.2 Å². The molecule has 5 heteroatoms.